The first-order valence-corrected chi connectivity index (χ1v) is 4.22. The zero-order valence-corrected chi connectivity index (χ0v) is 8.14. The van der Waals surface area contributed by atoms with Crippen LogP contribution in [0.1, 0.15) is 26.7 Å². The molecule has 0 bridgehead atoms. The highest BCUT2D eigenvalue weighted by molar-refractivity contribution is 4.75. The van der Waals surface area contributed by atoms with E-state index in [2.05, 4.69) is 13.8 Å². The fraction of sp³-hybridized carbons (Fsp3) is 1.00. The van der Waals surface area contributed by atoms with Gasteiger partial charge in [0.25, 0.3) is 0 Å². The van der Waals surface area contributed by atoms with Crippen LogP contribution in [0.4, 0.5) is 0 Å². The van der Waals surface area contributed by atoms with Crippen LogP contribution in [0.3, 0.4) is 0 Å². The maximum atomic E-state index is 5.16. The minimum Gasteiger partial charge on any atom is -0.384 e. The molecule has 0 fully saturated rings. The Balaban J connectivity index is 3.96. The Morgan fingerprint density at radius 3 is 1.45 bits per heavy atom. The van der Waals surface area contributed by atoms with Gasteiger partial charge in [0.1, 0.15) is 0 Å². The van der Waals surface area contributed by atoms with Gasteiger partial charge in [-0.25, -0.2) is 0 Å². The van der Waals surface area contributed by atoms with E-state index in [4.69, 9.17) is 9.47 Å². The lowest BCUT2D eigenvalue weighted by molar-refractivity contribution is 0.00493. The lowest BCUT2D eigenvalue weighted by atomic mass is 9.84. The number of methoxy groups -OCH3 is 2. The van der Waals surface area contributed by atoms with Crippen molar-refractivity contribution in [3.8, 4) is 0 Å². The van der Waals surface area contributed by atoms with Gasteiger partial charge in [0.2, 0.25) is 0 Å². The van der Waals surface area contributed by atoms with Gasteiger partial charge in [-0.2, -0.15) is 0 Å². The molecule has 0 heterocycles. The summed E-state index contributed by atoms with van der Waals surface area (Å²) in [6, 6.07) is 0. The standard InChI is InChI=1S/C9H20O2/c1-5-9(6-2,7-10-3)8-11-4/h5-8H2,1-4H3. The molecular formula is C9H20O2. The highest BCUT2D eigenvalue weighted by Crippen LogP contribution is 2.26. The molecule has 0 aliphatic rings. The lowest BCUT2D eigenvalue weighted by Gasteiger charge is -2.29. The Labute approximate surface area is 69.9 Å². The molecule has 0 N–H and O–H groups in total. The van der Waals surface area contributed by atoms with Crippen LogP contribution in [-0.2, 0) is 9.47 Å². The quantitative estimate of drug-likeness (QED) is 0.592. The van der Waals surface area contributed by atoms with Gasteiger partial charge in [0, 0.05) is 19.6 Å². The van der Waals surface area contributed by atoms with Gasteiger partial charge in [-0.05, 0) is 12.8 Å². The van der Waals surface area contributed by atoms with Crippen LogP contribution < -0.4 is 0 Å². The Morgan fingerprint density at radius 1 is 0.909 bits per heavy atom. The summed E-state index contributed by atoms with van der Waals surface area (Å²) in [5.74, 6) is 0. The van der Waals surface area contributed by atoms with Crippen molar-refractivity contribution in [1.82, 2.24) is 0 Å². The van der Waals surface area contributed by atoms with Gasteiger partial charge in [-0.15, -0.1) is 0 Å². The summed E-state index contributed by atoms with van der Waals surface area (Å²) in [6.07, 6.45) is 2.23. The van der Waals surface area contributed by atoms with Crippen LogP contribution >= 0.6 is 0 Å². The first-order valence-electron chi connectivity index (χ1n) is 4.22. The third kappa shape index (κ3) is 3.21. The van der Waals surface area contributed by atoms with Crippen molar-refractivity contribution in [2.45, 2.75) is 26.7 Å². The van der Waals surface area contributed by atoms with Gasteiger partial charge in [0.15, 0.2) is 0 Å². The summed E-state index contributed by atoms with van der Waals surface area (Å²) >= 11 is 0. The Bertz CT molecular complexity index is 79.6. The molecule has 0 spiro atoms. The second-order valence-corrected chi connectivity index (χ2v) is 3.07. The molecule has 0 amide bonds. The Kier molecular flexibility index (Phi) is 5.51. The molecule has 0 aliphatic carbocycles. The molecule has 0 radical (unpaired) electrons. The summed E-state index contributed by atoms with van der Waals surface area (Å²) in [6.45, 7) is 5.96. The molecule has 0 aromatic carbocycles. The summed E-state index contributed by atoms with van der Waals surface area (Å²) < 4.78 is 10.3. The Hall–Kier alpha value is -0.0800. The van der Waals surface area contributed by atoms with E-state index in [0.717, 1.165) is 26.1 Å². The van der Waals surface area contributed by atoms with Crippen LogP contribution in [0.2, 0.25) is 0 Å². The number of hydrogen-bond acceptors (Lipinski definition) is 2. The van der Waals surface area contributed by atoms with Gasteiger partial charge < -0.3 is 9.47 Å². The third-order valence-electron chi connectivity index (χ3n) is 2.40. The van der Waals surface area contributed by atoms with Crippen molar-refractivity contribution in [2.24, 2.45) is 5.41 Å². The second-order valence-electron chi connectivity index (χ2n) is 3.07. The predicted molar refractivity (Wildman–Crippen MR) is 46.8 cm³/mol. The smallest absolute Gasteiger partial charge is 0.0540 e. The van der Waals surface area contributed by atoms with E-state index in [9.17, 15) is 0 Å². The van der Waals surface area contributed by atoms with Crippen LogP contribution in [0.5, 0.6) is 0 Å². The number of ether oxygens (including phenoxy) is 2. The normalized spacial score (nSPS) is 12.0. The van der Waals surface area contributed by atoms with Gasteiger partial charge in [-0.3, -0.25) is 0 Å². The number of rotatable bonds is 6. The molecule has 11 heavy (non-hydrogen) atoms. The molecule has 2 heteroatoms. The molecule has 0 rings (SSSR count). The zero-order chi connectivity index (χ0) is 8.74. The average molecular weight is 160 g/mol. The van der Waals surface area contributed by atoms with E-state index in [0.29, 0.717) is 0 Å². The molecule has 0 aromatic heterocycles. The van der Waals surface area contributed by atoms with Crippen molar-refractivity contribution in [3.63, 3.8) is 0 Å². The fourth-order valence-corrected chi connectivity index (χ4v) is 1.31. The topological polar surface area (TPSA) is 18.5 Å². The van der Waals surface area contributed by atoms with Gasteiger partial charge in [-0.1, -0.05) is 13.8 Å². The van der Waals surface area contributed by atoms with E-state index < -0.39 is 0 Å². The van der Waals surface area contributed by atoms with E-state index >= 15 is 0 Å². The molecule has 0 atom stereocenters. The van der Waals surface area contributed by atoms with Crippen molar-refractivity contribution >= 4 is 0 Å². The molecule has 2 nitrogen and oxygen atoms in total. The van der Waals surface area contributed by atoms with E-state index in [-0.39, 0.29) is 5.41 Å². The largest absolute Gasteiger partial charge is 0.384 e. The molecule has 0 saturated carbocycles. The molecule has 0 saturated heterocycles. The highest BCUT2D eigenvalue weighted by Gasteiger charge is 2.25. The maximum Gasteiger partial charge on any atom is 0.0540 e. The zero-order valence-electron chi connectivity index (χ0n) is 8.14. The SMILES string of the molecule is CCC(CC)(COC)COC. The minimum atomic E-state index is 0.240. The van der Waals surface area contributed by atoms with Crippen molar-refractivity contribution in [1.29, 1.82) is 0 Å². The lowest BCUT2D eigenvalue weighted by Crippen LogP contribution is -2.30. The average Bonchev–Trinajstić information content (AvgIpc) is 2.04. The highest BCUT2D eigenvalue weighted by atomic mass is 16.5. The molecular weight excluding hydrogens is 140 g/mol. The summed E-state index contributed by atoms with van der Waals surface area (Å²) in [5.41, 5.74) is 0.240. The fourth-order valence-electron chi connectivity index (χ4n) is 1.31. The van der Waals surface area contributed by atoms with Crippen molar-refractivity contribution in [3.05, 3.63) is 0 Å². The Morgan fingerprint density at radius 2 is 1.27 bits per heavy atom. The number of hydrogen-bond donors (Lipinski definition) is 0. The molecule has 68 valence electrons. The van der Waals surface area contributed by atoms with Crippen molar-refractivity contribution in [2.75, 3.05) is 27.4 Å². The maximum absolute atomic E-state index is 5.16. The van der Waals surface area contributed by atoms with E-state index in [1.54, 1.807) is 14.2 Å². The van der Waals surface area contributed by atoms with Gasteiger partial charge >= 0.3 is 0 Å². The van der Waals surface area contributed by atoms with E-state index in [1.165, 1.54) is 0 Å². The summed E-state index contributed by atoms with van der Waals surface area (Å²) in [7, 11) is 3.49. The van der Waals surface area contributed by atoms with Gasteiger partial charge in [0.05, 0.1) is 13.2 Å². The third-order valence-corrected chi connectivity index (χ3v) is 2.40. The first-order chi connectivity index (χ1) is 5.24. The van der Waals surface area contributed by atoms with Crippen LogP contribution in [0.25, 0.3) is 0 Å². The van der Waals surface area contributed by atoms with Crippen LogP contribution in [0.15, 0.2) is 0 Å². The summed E-state index contributed by atoms with van der Waals surface area (Å²) in [5, 5.41) is 0. The monoisotopic (exact) mass is 160 g/mol. The first kappa shape index (κ1) is 10.9. The molecule has 0 unspecified atom stereocenters. The molecule has 0 aromatic rings. The summed E-state index contributed by atoms with van der Waals surface area (Å²) in [4.78, 5) is 0. The van der Waals surface area contributed by atoms with E-state index in [1.807, 2.05) is 0 Å². The molecule has 0 aliphatic heterocycles. The minimum absolute atomic E-state index is 0.240. The second kappa shape index (κ2) is 5.56. The van der Waals surface area contributed by atoms with Crippen LogP contribution in [-0.4, -0.2) is 27.4 Å². The predicted octanol–water partition coefficient (Wildman–Crippen LogP) is 2.09. The van der Waals surface area contributed by atoms with Crippen LogP contribution in [0, 0.1) is 5.41 Å². The van der Waals surface area contributed by atoms with Crippen molar-refractivity contribution < 1.29 is 9.47 Å².